The summed E-state index contributed by atoms with van der Waals surface area (Å²) in [5.41, 5.74) is 3.86. The van der Waals surface area contributed by atoms with Crippen molar-refractivity contribution in [2.24, 2.45) is 5.10 Å². The minimum atomic E-state index is -0.330. The molecule has 2 aromatic rings. The van der Waals surface area contributed by atoms with Gasteiger partial charge in [-0.2, -0.15) is 5.10 Å². The molecule has 0 saturated carbocycles. The molecule has 0 heterocycles. The fourth-order valence-electron chi connectivity index (χ4n) is 1.66. The van der Waals surface area contributed by atoms with Gasteiger partial charge < -0.3 is 5.11 Å². The third kappa shape index (κ3) is 4.06. The van der Waals surface area contributed by atoms with Crippen molar-refractivity contribution in [2.45, 2.75) is 6.92 Å². The zero-order valence-corrected chi connectivity index (χ0v) is 13.4. The number of phenols is 1. The normalized spacial score (nSPS) is 11.3. The number of amides is 1. The monoisotopic (exact) mass is 366 g/mol. The lowest BCUT2D eigenvalue weighted by atomic mass is 10.1. The third-order valence-electron chi connectivity index (χ3n) is 2.78. The quantitative estimate of drug-likeness (QED) is 0.637. The van der Waals surface area contributed by atoms with Crippen LogP contribution in [0.2, 0.25) is 5.02 Å². The number of hydrogen-bond donors (Lipinski definition) is 2. The van der Waals surface area contributed by atoms with Crippen LogP contribution in [0.25, 0.3) is 0 Å². The van der Waals surface area contributed by atoms with E-state index in [1.165, 1.54) is 6.07 Å². The van der Waals surface area contributed by atoms with E-state index < -0.39 is 0 Å². The number of carbonyl (C=O) groups is 1. The molecule has 0 aliphatic carbocycles. The molecule has 2 N–H and O–H groups in total. The Morgan fingerprint density at radius 2 is 1.90 bits per heavy atom. The van der Waals surface area contributed by atoms with Crippen molar-refractivity contribution in [3.8, 4) is 5.75 Å². The van der Waals surface area contributed by atoms with Crippen molar-refractivity contribution in [3.05, 3.63) is 63.1 Å². The Morgan fingerprint density at radius 3 is 2.57 bits per heavy atom. The number of benzene rings is 2. The van der Waals surface area contributed by atoms with Gasteiger partial charge in [0.2, 0.25) is 0 Å². The number of rotatable bonds is 3. The predicted molar refractivity (Wildman–Crippen MR) is 86.9 cm³/mol. The zero-order chi connectivity index (χ0) is 15.4. The number of phenolic OH excluding ortho intramolecular Hbond substituents is 1. The van der Waals surface area contributed by atoms with Crippen molar-refractivity contribution in [1.29, 1.82) is 0 Å². The van der Waals surface area contributed by atoms with E-state index in [1.54, 1.807) is 43.3 Å². The molecule has 0 atom stereocenters. The highest BCUT2D eigenvalue weighted by Crippen LogP contribution is 2.22. The highest BCUT2D eigenvalue weighted by Gasteiger charge is 2.08. The molecular formula is C15H12BrClN2O2. The summed E-state index contributed by atoms with van der Waals surface area (Å²) in [5.74, 6) is -0.276. The SMILES string of the molecule is C/C(=N\NC(=O)c1ccc(Br)cc1)c1cc(Cl)ccc1O. The van der Waals surface area contributed by atoms with E-state index in [0.29, 0.717) is 21.9 Å². The summed E-state index contributed by atoms with van der Waals surface area (Å²) in [5, 5.41) is 14.2. The maximum atomic E-state index is 11.9. The molecule has 1 amide bonds. The van der Waals surface area contributed by atoms with Crippen molar-refractivity contribution in [2.75, 3.05) is 0 Å². The lowest BCUT2D eigenvalue weighted by molar-refractivity contribution is 0.0955. The molecule has 6 heteroatoms. The number of hydrazone groups is 1. The van der Waals surface area contributed by atoms with Crippen molar-refractivity contribution < 1.29 is 9.90 Å². The number of nitrogens with zero attached hydrogens (tertiary/aromatic N) is 1. The largest absolute Gasteiger partial charge is 0.507 e. The zero-order valence-electron chi connectivity index (χ0n) is 11.1. The molecule has 0 aromatic heterocycles. The van der Waals surface area contributed by atoms with Crippen LogP contribution < -0.4 is 5.43 Å². The number of carbonyl (C=O) groups excluding carboxylic acids is 1. The fourth-order valence-corrected chi connectivity index (χ4v) is 2.10. The summed E-state index contributed by atoms with van der Waals surface area (Å²) >= 11 is 9.18. The molecule has 0 aliphatic heterocycles. The van der Waals surface area contributed by atoms with Crippen LogP contribution in [0.15, 0.2) is 52.0 Å². The number of nitrogens with one attached hydrogen (secondary N) is 1. The second kappa shape index (κ2) is 6.74. The molecule has 21 heavy (non-hydrogen) atoms. The van der Waals surface area contributed by atoms with Crippen molar-refractivity contribution >= 4 is 39.1 Å². The van der Waals surface area contributed by atoms with Gasteiger partial charge in [0, 0.05) is 20.6 Å². The van der Waals surface area contributed by atoms with Gasteiger partial charge in [-0.15, -0.1) is 0 Å². The summed E-state index contributed by atoms with van der Waals surface area (Å²) in [7, 11) is 0. The van der Waals surface area contributed by atoms with E-state index in [-0.39, 0.29) is 11.7 Å². The molecule has 108 valence electrons. The van der Waals surface area contributed by atoms with Crippen molar-refractivity contribution in [1.82, 2.24) is 5.43 Å². The standard InChI is InChI=1S/C15H12BrClN2O2/c1-9(13-8-12(17)6-7-14(13)20)18-19-15(21)10-2-4-11(16)5-3-10/h2-8,20H,1H3,(H,19,21)/b18-9+. The lowest BCUT2D eigenvalue weighted by Gasteiger charge is -2.06. The Labute approximate surface area is 135 Å². The smallest absolute Gasteiger partial charge is 0.271 e. The highest BCUT2D eigenvalue weighted by atomic mass is 79.9. The second-order valence-corrected chi connectivity index (χ2v) is 5.66. The van der Waals surface area contributed by atoms with Crippen LogP contribution in [-0.2, 0) is 0 Å². The summed E-state index contributed by atoms with van der Waals surface area (Å²) in [6.45, 7) is 1.67. The van der Waals surface area contributed by atoms with Gasteiger partial charge in [0.1, 0.15) is 5.75 Å². The topological polar surface area (TPSA) is 61.7 Å². The Kier molecular flexibility index (Phi) is 4.98. The fraction of sp³-hybridized carbons (Fsp3) is 0.0667. The maximum Gasteiger partial charge on any atom is 0.271 e. The van der Waals surface area contributed by atoms with Crippen molar-refractivity contribution in [3.63, 3.8) is 0 Å². The number of aromatic hydroxyl groups is 1. The van der Waals surface area contributed by atoms with E-state index in [4.69, 9.17) is 11.6 Å². The number of halogens is 2. The molecule has 0 bridgehead atoms. The van der Waals surface area contributed by atoms with Crippen LogP contribution in [0, 0.1) is 0 Å². The van der Waals surface area contributed by atoms with Gasteiger partial charge in [0.25, 0.3) is 5.91 Å². The van der Waals surface area contributed by atoms with Crippen LogP contribution in [-0.4, -0.2) is 16.7 Å². The van der Waals surface area contributed by atoms with E-state index in [1.807, 2.05) is 0 Å². The second-order valence-electron chi connectivity index (χ2n) is 4.31. The van der Waals surface area contributed by atoms with Crippen LogP contribution >= 0.6 is 27.5 Å². The van der Waals surface area contributed by atoms with E-state index in [9.17, 15) is 9.90 Å². The molecule has 0 spiro atoms. The minimum Gasteiger partial charge on any atom is -0.507 e. The highest BCUT2D eigenvalue weighted by molar-refractivity contribution is 9.10. The van der Waals surface area contributed by atoms with Crippen LogP contribution in [0.5, 0.6) is 5.75 Å². The van der Waals surface area contributed by atoms with Crippen LogP contribution in [0.4, 0.5) is 0 Å². The van der Waals surface area contributed by atoms with E-state index >= 15 is 0 Å². The van der Waals surface area contributed by atoms with Gasteiger partial charge in [-0.1, -0.05) is 27.5 Å². The van der Waals surface area contributed by atoms with Gasteiger partial charge in [0.05, 0.1) is 5.71 Å². The Balaban J connectivity index is 2.14. The average molecular weight is 368 g/mol. The summed E-state index contributed by atoms with van der Waals surface area (Å²) < 4.78 is 0.891. The molecule has 0 radical (unpaired) electrons. The molecule has 0 saturated heterocycles. The van der Waals surface area contributed by atoms with Gasteiger partial charge in [-0.3, -0.25) is 4.79 Å². The predicted octanol–water partition coefficient (Wildman–Crippen LogP) is 3.96. The first kappa shape index (κ1) is 15.5. The number of hydrogen-bond acceptors (Lipinski definition) is 3. The average Bonchev–Trinajstić information content (AvgIpc) is 2.47. The Morgan fingerprint density at radius 1 is 1.24 bits per heavy atom. The van der Waals surface area contributed by atoms with E-state index in [0.717, 1.165) is 4.47 Å². The lowest BCUT2D eigenvalue weighted by Crippen LogP contribution is -2.19. The van der Waals surface area contributed by atoms with Gasteiger partial charge in [-0.05, 0) is 49.4 Å². The summed E-state index contributed by atoms with van der Waals surface area (Å²) in [4.78, 5) is 11.9. The molecule has 2 rings (SSSR count). The van der Waals surface area contributed by atoms with E-state index in [2.05, 4.69) is 26.5 Å². The van der Waals surface area contributed by atoms with Crippen LogP contribution in [0.1, 0.15) is 22.8 Å². The maximum absolute atomic E-state index is 11.9. The third-order valence-corrected chi connectivity index (χ3v) is 3.54. The van der Waals surface area contributed by atoms with Gasteiger partial charge in [0.15, 0.2) is 0 Å². The molecule has 4 nitrogen and oxygen atoms in total. The van der Waals surface area contributed by atoms with Gasteiger partial charge in [-0.25, -0.2) is 5.43 Å². The first-order valence-electron chi connectivity index (χ1n) is 6.06. The minimum absolute atomic E-state index is 0.0542. The Hall–Kier alpha value is -1.85. The molecule has 0 fully saturated rings. The molecule has 0 aliphatic rings. The molecule has 0 unspecified atom stereocenters. The van der Waals surface area contributed by atoms with Crippen LogP contribution in [0.3, 0.4) is 0 Å². The Bertz CT molecular complexity index is 699. The van der Waals surface area contributed by atoms with Gasteiger partial charge >= 0.3 is 0 Å². The summed E-state index contributed by atoms with van der Waals surface area (Å²) in [6, 6.07) is 11.5. The molecule has 2 aromatic carbocycles. The summed E-state index contributed by atoms with van der Waals surface area (Å²) in [6.07, 6.45) is 0. The molecular weight excluding hydrogens is 356 g/mol. The first-order chi connectivity index (χ1) is 9.97. The first-order valence-corrected chi connectivity index (χ1v) is 7.23.